The molecule has 1 aliphatic heterocycles. The lowest BCUT2D eigenvalue weighted by molar-refractivity contribution is -0.137. The highest BCUT2D eigenvalue weighted by molar-refractivity contribution is 6.04. The monoisotopic (exact) mass is 186 g/mol. The van der Waals surface area contributed by atoms with Gasteiger partial charge in [-0.1, -0.05) is 0 Å². The maximum absolute atomic E-state index is 10.9. The van der Waals surface area contributed by atoms with Crippen molar-refractivity contribution in [2.45, 2.75) is 25.3 Å². The van der Waals surface area contributed by atoms with Crippen molar-refractivity contribution in [3.8, 4) is 0 Å². The molecule has 13 heavy (non-hydrogen) atoms. The van der Waals surface area contributed by atoms with E-state index in [9.17, 15) is 14.4 Å². The number of carbonyl (C=O) groups is 3. The van der Waals surface area contributed by atoms with E-state index in [1.807, 2.05) is 0 Å². The Balaban J connectivity index is 2.26. The van der Waals surface area contributed by atoms with E-state index in [1.54, 1.807) is 0 Å². The summed E-state index contributed by atoms with van der Waals surface area (Å²) in [5.74, 6) is -1.28. The first-order valence-electron chi connectivity index (χ1n) is 3.93. The summed E-state index contributed by atoms with van der Waals surface area (Å²) < 4.78 is 0. The molecule has 3 N–H and O–H groups in total. The average Bonchev–Trinajstić information content (AvgIpc) is 2.29. The quantitative estimate of drug-likeness (QED) is 0.513. The van der Waals surface area contributed by atoms with Crippen molar-refractivity contribution in [1.29, 1.82) is 0 Å². The predicted octanol–water partition coefficient (Wildman–Crippen LogP) is -0.551. The van der Waals surface area contributed by atoms with E-state index in [2.05, 4.69) is 10.6 Å². The summed E-state index contributed by atoms with van der Waals surface area (Å²) in [6, 6.07) is -1.07. The molecule has 1 fully saturated rings. The summed E-state index contributed by atoms with van der Waals surface area (Å²) in [7, 11) is 0. The maximum atomic E-state index is 10.9. The van der Waals surface area contributed by atoms with Crippen LogP contribution in [0.25, 0.3) is 0 Å². The topological polar surface area (TPSA) is 95.5 Å². The molecule has 0 radical (unpaired) electrons. The van der Waals surface area contributed by atoms with E-state index >= 15 is 0 Å². The molecule has 1 heterocycles. The molecule has 72 valence electrons. The Hall–Kier alpha value is -1.59. The van der Waals surface area contributed by atoms with Gasteiger partial charge in [-0.15, -0.1) is 0 Å². The highest BCUT2D eigenvalue weighted by Crippen LogP contribution is 2.04. The summed E-state index contributed by atoms with van der Waals surface area (Å²) in [4.78, 5) is 31.7. The predicted molar refractivity (Wildman–Crippen MR) is 41.9 cm³/mol. The Kier molecular flexibility index (Phi) is 2.84. The van der Waals surface area contributed by atoms with Crippen LogP contribution in [0, 0.1) is 0 Å². The van der Waals surface area contributed by atoms with Gasteiger partial charge < -0.3 is 10.4 Å². The summed E-state index contributed by atoms with van der Waals surface area (Å²) in [5, 5.41) is 12.8. The molecule has 6 nitrogen and oxygen atoms in total. The molecular formula is C7H10N2O4. The van der Waals surface area contributed by atoms with Crippen molar-refractivity contribution in [1.82, 2.24) is 10.6 Å². The van der Waals surface area contributed by atoms with Crippen molar-refractivity contribution < 1.29 is 19.5 Å². The average molecular weight is 186 g/mol. The van der Waals surface area contributed by atoms with Crippen LogP contribution < -0.4 is 10.6 Å². The molecule has 6 heteroatoms. The lowest BCUT2D eigenvalue weighted by Crippen LogP contribution is -2.28. The smallest absolute Gasteiger partial charge is 0.322 e. The van der Waals surface area contributed by atoms with E-state index < -0.39 is 18.0 Å². The van der Waals surface area contributed by atoms with Gasteiger partial charge in [-0.3, -0.25) is 14.9 Å². The van der Waals surface area contributed by atoms with Crippen molar-refractivity contribution >= 4 is 17.9 Å². The van der Waals surface area contributed by atoms with E-state index in [4.69, 9.17) is 5.11 Å². The zero-order chi connectivity index (χ0) is 9.84. The molecule has 0 aliphatic carbocycles. The fourth-order valence-electron chi connectivity index (χ4n) is 1.12. The fourth-order valence-corrected chi connectivity index (χ4v) is 1.12. The largest absolute Gasteiger partial charge is 0.481 e. The number of hydrogen-bond donors (Lipinski definition) is 3. The summed E-state index contributed by atoms with van der Waals surface area (Å²) in [5.41, 5.74) is 0. The van der Waals surface area contributed by atoms with Crippen molar-refractivity contribution in [2.75, 3.05) is 0 Å². The van der Waals surface area contributed by atoms with Crippen LogP contribution in [0.5, 0.6) is 0 Å². The summed E-state index contributed by atoms with van der Waals surface area (Å²) in [6.45, 7) is 0. The maximum Gasteiger partial charge on any atom is 0.322 e. The van der Waals surface area contributed by atoms with Gasteiger partial charge in [0.2, 0.25) is 0 Å². The lowest BCUT2D eigenvalue weighted by Gasteiger charge is -2.04. The second-order valence-electron chi connectivity index (χ2n) is 2.80. The molecule has 0 spiro atoms. The molecule has 0 aromatic heterocycles. The fraction of sp³-hybridized carbons (Fsp3) is 0.571. The van der Waals surface area contributed by atoms with Gasteiger partial charge in [0.1, 0.15) is 6.04 Å². The molecule has 0 aromatic carbocycles. The van der Waals surface area contributed by atoms with Crippen molar-refractivity contribution in [3.05, 3.63) is 0 Å². The molecule has 1 unspecified atom stereocenters. The van der Waals surface area contributed by atoms with E-state index in [0.717, 1.165) is 0 Å². The van der Waals surface area contributed by atoms with Gasteiger partial charge in [0.05, 0.1) is 0 Å². The first-order valence-corrected chi connectivity index (χ1v) is 3.93. The van der Waals surface area contributed by atoms with Crippen LogP contribution in [-0.4, -0.2) is 29.1 Å². The Morgan fingerprint density at radius 1 is 1.46 bits per heavy atom. The standard InChI is InChI=1S/C7H10N2O4/c10-5(11)3-1-2-4-6(12)9-7(13)8-4/h4H,1-3H2,(H,10,11)(H2,8,9,12,13). The van der Waals surface area contributed by atoms with Gasteiger partial charge in [-0.05, 0) is 12.8 Å². The number of amides is 3. The molecular weight excluding hydrogens is 176 g/mol. The molecule has 0 aromatic rings. The molecule has 1 rings (SSSR count). The van der Waals surface area contributed by atoms with Crippen LogP contribution in [0.3, 0.4) is 0 Å². The number of nitrogens with one attached hydrogen (secondary N) is 2. The second-order valence-corrected chi connectivity index (χ2v) is 2.80. The van der Waals surface area contributed by atoms with Gasteiger partial charge >= 0.3 is 12.0 Å². The van der Waals surface area contributed by atoms with Crippen LogP contribution in [0.4, 0.5) is 4.79 Å². The summed E-state index contributed by atoms with van der Waals surface area (Å²) >= 11 is 0. The second kappa shape index (κ2) is 3.88. The first kappa shape index (κ1) is 9.50. The number of imide groups is 1. The normalized spacial score (nSPS) is 21.1. The minimum Gasteiger partial charge on any atom is -0.481 e. The van der Waals surface area contributed by atoms with Gasteiger partial charge in [-0.25, -0.2) is 4.79 Å². The van der Waals surface area contributed by atoms with Crippen LogP contribution in [-0.2, 0) is 9.59 Å². The Morgan fingerprint density at radius 3 is 2.62 bits per heavy atom. The minimum atomic E-state index is -0.898. The SMILES string of the molecule is O=C(O)CCCC1NC(=O)NC1=O. The van der Waals surface area contributed by atoms with E-state index in [0.29, 0.717) is 12.8 Å². The lowest BCUT2D eigenvalue weighted by atomic mass is 10.1. The van der Waals surface area contributed by atoms with Gasteiger partial charge in [0.15, 0.2) is 0 Å². The molecule has 0 bridgehead atoms. The highest BCUT2D eigenvalue weighted by Gasteiger charge is 2.28. The number of rotatable bonds is 4. The van der Waals surface area contributed by atoms with Crippen molar-refractivity contribution in [2.24, 2.45) is 0 Å². The first-order chi connectivity index (χ1) is 6.09. The third kappa shape index (κ3) is 2.73. The van der Waals surface area contributed by atoms with Crippen LogP contribution >= 0.6 is 0 Å². The number of carboxylic acid groups (broad SMARTS) is 1. The number of carboxylic acids is 1. The van der Waals surface area contributed by atoms with Crippen molar-refractivity contribution in [3.63, 3.8) is 0 Å². The summed E-state index contributed by atoms with van der Waals surface area (Å²) in [6.07, 6.45) is 0.761. The third-order valence-electron chi connectivity index (χ3n) is 1.74. The van der Waals surface area contributed by atoms with Gasteiger partial charge in [0.25, 0.3) is 5.91 Å². The molecule has 0 saturated carbocycles. The van der Waals surface area contributed by atoms with Gasteiger partial charge in [0, 0.05) is 6.42 Å². The van der Waals surface area contributed by atoms with E-state index in [-0.39, 0.29) is 12.3 Å². The number of aliphatic carboxylic acids is 1. The number of hydrogen-bond acceptors (Lipinski definition) is 3. The third-order valence-corrected chi connectivity index (χ3v) is 1.74. The van der Waals surface area contributed by atoms with E-state index in [1.165, 1.54) is 0 Å². The number of carbonyl (C=O) groups excluding carboxylic acids is 2. The Bertz CT molecular complexity index is 251. The molecule has 3 amide bonds. The van der Waals surface area contributed by atoms with Gasteiger partial charge in [-0.2, -0.15) is 0 Å². The zero-order valence-electron chi connectivity index (χ0n) is 6.87. The molecule has 1 saturated heterocycles. The minimum absolute atomic E-state index is 0.0135. The van der Waals surface area contributed by atoms with Crippen LogP contribution in [0.2, 0.25) is 0 Å². The molecule has 1 atom stereocenters. The van der Waals surface area contributed by atoms with Crippen LogP contribution in [0.15, 0.2) is 0 Å². The number of urea groups is 1. The van der Waals surface area contributed by atoms with Crippen LogP contribution in [0.1, 0.15) is 19.3 Å². The Morgan fingerprint density at radius 2 is 2.15 bits per heavy atom. The zero-order valence-corrected chi connectivity index (χ0v) is 6.87. The highest BCUT2D eigenvalue weighted by atomic mass is 16.4. The Labute approximate surface area is 74.3 Å². The molecule has 1 aliphatic rings.